The summed E-state index contributed by atoms with van der Waals surface area (Å²) in [7, 11) is 0. The lowest BCUT2D eigenvalue weighted by Crippen LogP contribution is -2.33. The molecule has 1 aliphatic rings. The van der Waals surface area contributed by atoms with Gasteiger partial charge >= 0.3 is 0 Å². The second-order valence-corrected chi connectivity index (χ2v) is 6.66. The molecule has 0 aromatic carbocycles. The van der Waals surface area contributed by atoms with Gasteiger partial charge in [-0.1, -0.05) is 25.4 Å². The third kappa shape index (κ3) is 3.33. The first-order chi connectivity index (χ1) is 11.5. The monoisotopic (exact) mass is 346 g/mol. The Morgan fingerprint density at radius 1 is 1.42 bits per heavy atom. The number of hydrogen-bond donors (Lipinski definition) is 2. The van der Waals surface area contributed by atoms with E-state index in [0.717, 1.165) is 30.5 Å². The zero-order chi connectivity index (χ0) is 17.3. The molecule has 0 saturated heterocycles. The second kappa shape index (κ2) is 6.73. The standard InChI is InChI=1S/C17H19ClN4O2/c1-9(2)16-19-8-11(18)15(22-16)17(24)21-13-5-3-4-12-10(13)6-7-14(23)20-12/h6-9,13H,3-5H2,1-2H3,(H,20,23)(H,21,24)/t13-/m0/s1. The number of H-pyrrole nitrogens is 1. The van der Waals surface area contributed by atoms with Crippen LogP contribution in [0.15, 0.2) is 23.1 Å². The van der Waals surface area contributed by atoms with Gasteiger partial charge in [0.05, 0.1) is 17.3 Å². The highest BCUT2D eigenvalue weighted by Gasteiger charge is 2.24. The lowest BCUT2D eigenvalue weighted by Gasteiger charge is -2.25. The summed E-state index contributed by atoms with van der Waals surface area (Å²) in [5, 5.41) is 3.21. The molecule has 126 valence electrons. The number of halogens is 1. The molecule has 24 heavy (non-hydrogen) atoms. The molecule has 2 aromatic rings. The van der Waals surface area contributed by atoms with Crippen LogP contribution in [0.1, 0.15) is 66.2 Å². The van der Waals surface area contributed by atoms with Crippen LogP contribution in [0.3, 0.4) is 0 Å². The molecule has 0 saturated carbocycles. The summed E-state index contributed by atoms with van der Waals surface area (Å²) in [6.45, 7) is 3.91. The maximum Gasteiger partial charge on any atom is 0.272 e. The van der Waals surface area contributed by atoms with Crippen LogP contribution in [-0.2, 0) is 6.42 Å². The number of aryl methyl sites for hydroxylation is 1. The van der Waals surface area contributed by atoms with E-state index in [0.29, 0.717) is 5.82 Å². The number of carbonyl (C=O) groups excluding carboxylic acids is 1. The first-order valence-corrected chi connectivity index (χ1v) is 8.39. The van der Waals surface area contributed by atoms with Gasteiger partial charge in [0, 0.05) is 17.7 Å². The summed E-state index contributed by atoms with van der Waals surface area (Å²) in [5.41, 5.74) is 1.90. The van der Waals surface area contributed by atoms with Crippen LogP contribution in [0.4, 0.5) is 0 Å². The minimum absolute atomic E-state index is 0.106. The van der Waals surface area contributed by atoms with Gasteiger partial charge in [0.25, 0.3) is 5.91 Å². The summed E-state index contributed by atoms with van der Waals surface area (Å²) in [5.74, 6) is 0.362. The molecular formula is C17H19ClN4O2. The molecule has 2 heterocycles. The number of nitrogens with one attached hydrogen (secondary N) is 2. The summed E-state index contributed by atoms with van der Waals surface area (Å²) in [6, 6.07) is 3.10. The van der Waals surface area contributed by atoms with Crippen molar-refractivity contribution in [2.45, 2.75) is 45.1 Å². The van der Waals surface area contributed by atoms with Gasteiger partial charge in [-0.25, -0.2) is 9.97 Å². The highest BCUT2D eigenvalue weighted by Crippen LogP contribution is 2.28. The summed E-state index contributed by atoms with van der Waals surface area (Å²) >= 11 is 6.10. The molecule has 0 aliphatic heterocycles. The number of aromatic amines is 1. The van der Waals surface area contributed by atoms with Crippen molar-refractivity contribution in [3.63, 3.8) is 0 Å². The topological polar surface area (TPSA) is 87.7 Å². The first kappa shape index (κ1) is 16.6. The average Bonchev–Trinajstić information content (AvgIpc) is 2.54. The largest absolute Gasteiger partial charge is 0.344 e. The quantitative estimate of drug-likeness (QED) is 0.894. The summed E-state index contributed by atoms with van der Waals surface area (Å²) in [6.07, 6.45) is 3.98. The first-order valence-electron chi connectivity index (χ1n) is 8.01. The van der Waals surface area contributed by atoms with Crippen molar-refractivity contribution in [2.24, 2.45) is 0 Å². The maximum atomic E-state index is 12.6. The van der Waals surface area contributed by atoms with Crippen molar-refractivity contribution in [2.75, 3.05) is 0 Å². The van der Waals surface area contributed by atoms with E-state index in [1.807, 2.05) is 13.8 Å². The molecule has 1 atom stereocenters. The van der Waals surface area contributed by atoms with Gasteiger partial charge in [-0.2, -0.15) is 0 Å². The average molecular weight is 347 g/mol. The molecule has 6 nitrogen and oxygen atoms in total. The number of hydrogen-bond acceptors (Lipinski definition) is 4. The van der Waals surface area contributed by atoms with E-state index in [1.54, 1.807) is 6.07 Å². The number of rotatable bonds is 3. The Morgan fingerprint density at radius 3 is 2.96 bits per heavy atom. The summed E-state index contributed by atoms with van der Waals surface area (Å²) in [4.78, 5) is 35.4. The van der Waals surface area contributed by atoms with Crippen LogP contribution in [0.2, 0.25) is 5.02 Å². The highest BCUT2D eigenvalue weighted by molar-refractivity contribution is 6.33. The zero-order valence-electron chi connectivity index (χ0n) is 13.6. The maximum absolute atomic E-state index is 12.6. The third-order valence-electron chi connectivity index (χ3n) is 4.13. The summed E-state index contributed by atoms with van der Waals surface area (Å²) < 4.78 is 0. The number of pyridine rings is 1. The van der Waals surface area contributed by atoms with Crippen molar-refractivity contribution in [3.05, 3.63) is 56.5 Å². The molecule has 0 fully saturated rings. The smallest absolute Gasteiger partial charge is 0.272 e. The molecule has 0 unspecified atom stereocenters. The predicted octanol–water partition coefficient (Wildman–Crippen LogP) is 2.75. The highest BCUT2D eigenvalue weighted by atomic mass is 35.5. The number of nitrogens with zero attached hydrogens (tertiary/aromatic N) is 2. The van der Waals surface area contributed by atoms with E-state index >= 15 is 0 Å². The normalized spacial score (nSPS) is 16.8. The van der Waals surface area contributed by atoms with E-state index in [4.69, 9.17) is 11.6 Å². The molecule has 1 amide bonds. The van der Waals surface area contributed by atoms with Crippen molar-refractivity contribution < 1.29 is 4.79 Å². The molecule has 7 heteroatoms. The van der Waals surface area contributed by atoms with Gasteiger partial charge in [0.1, 0.15) is 11.5 Å². The lowest BCUT2D eigenvalue weighted by molar-refractivity contribution is 0.0927. The van der Waals surface area contributed by atoms with Crippen LogP contribution in [0, 0.1) is 0 Å². The van der Waals surface area contributed by atoms with Gasteiger partial charge in [0.15, 0.2) is 0 Å². The molecule has 0 spiro atoms. The molecule has 0 radical (unpaired) electrons. The number of carbonyl (C=O) groups is 1. The molecule has 2 aromatic heterocycles. The predicted molar refractivity (Wildman–Crippen MR) is 91.3 cm³/mol. The van der Waals surface area contributed by atoms with Crippen LogP contribution in [0.25, 0.3) is 0 Å². The Balaban J connectivity index is 1.86. The molecule has 1 aliphatic carbocycles. The Morgan fingerprint density at radius 2 is 2.21 bits per heavy atom. The molecule has 2 N–H and O–H groups in total. The van der Waals surface area contributed by atoms with Crippen molar-refractivity contribution in [1.82, 2.24) is 20.3 Å². The molecule has 3 rings (SSSR count). The van der Waals surface area contributed by atoms with Crippen molar-refractivity contribution >= 4 is 17.5 Å². The minimum atomic E-state index is -0.326. The molecule has 0 bridgehead atoms. The van der Waals surface area contributed by atoms with E-state index in [-0.39, 0.29) is 34.1 Å². The Hall–Kier alpha value is -2.21. The van der Waals surface area contributed by atoms with Crippen molar-refractivity contribution in [3.8, 4) is 0 Å². The van der Waals surface area contributed by atoms with Gasteiger partial charge < -0.3 is 10.3 Å². The SMILES string of the molecule is CC(C)c1ncc(Cl)c(C(=O)N[C@H]2CCCc3[nH]c(=O)ccc32)n1. The zero-order valence-corrected chi connectivity index (χ0v) is 14.4. The fraction of sp³-hybridized carbons (Fsp3) is 0.412. The van der Waals surface area contributed by atoms with Crippen LogP contribution < -0.4 is 10.9 Å². The fourth-order valence-electron chi connectivity index (χ4n) is 2.90. The van der Waals surface area contributed by atoms with E-state index < -0.39 is 0 Å². The van der Waals surface area contributed by atoms with Gasteiger partial charge in [0.2, 0.25) is 5.56 Å². The lowest BCUT2D eigenvalue weighted by atomic mass is 9.91. The fourth-order valence-corrected chi connectivity index (χ4v) is 3.07. The van der Waals surface area contributed by atoms with Gasteiger partial charge in [-0.05, 0) is 30.9 Å². The van der Waals surface area contributed by atoms with E-state index in [1.165, 1.54) is 12.3 Å². The second-order valence-electron chi connectivity index (χ2n) is 6.25. The minimum Gasteiger partial charge on any atom is -0.344 e. The van der Waals surface area contributed by atoms with Crippen LogP contribution >= 0.6 is 11.6 Å². The number of aromatic nitrogens is 3. The van der Waals surface area contributed by atoms with Crippen molar-refractivity contribution in [1.29, 1.82) is 0 Å². The Kier molecular flexibility index (Phi) is 4.66. The number of amides is 1. The van der Waals surface area contributed by atoms with E-state index in [9.17, 15) is 9.59 Å². The number of fused-ring (bicyclic) bond motifs is 1. The van der Waals surface area contributed by atoms with Gasteiger partial charge in [-0.15, -0.1) is 0 Å². The Bertz CT molecular complexity index is 832. The molecular weight excluding hydrogens is 328 g/mol. The third-order valence-corrected chi connectivity index (χ3v) is 4.41. The van der Waals surface area contributed by atoms with Gasteiger partial charge in [-0.3, -0.25) is 9.59 Å². The Labute approximate surface area is 144 Å². The van der Waals surface area contributed by atoms with E-state index in [2.05, 4.69) is 20.3 Å². The van der Waals surface area contributed by atoms with Crippen LogP contribution in [0.5, 0.6) is 0 Å². The van der Waals surface area contributed by atoms with Crippen LogP contribution in [-0.4, -0.2) is 20.9 Å².